The van der Waals surface area contributed by atoms with Crippen molar-refractivity contribution in [3.05, 3.63) is 29.3 Å². The fourth-order valence-corrected chi connectivity index (χ4v) is 3.11. The number of fused-ring (bicyclic) bond motifs is 1. The topological polar surface area (TPSA) is 17.1 Å². The summed E-state index contributed by atoms with van der Waals surface area (Å²) in [6.07, 6.45) is 0.897. The van der Waals surface area contributed by atoms with Crippen LogP contribution >= 0.6 is 39.9 Å². The summed E-state index contributed by atoms with van der Waals surface area (Å²) < 4.78 is 2.09. The van der Waals surface area contributed by atoms with Gasteiger partial charge in [0.25, 0.3) is 0 Å². The van der Waals surface area contributed by atoms with Crippen LogP contribution in [0.15, 0.2) is 22.4 Å². The maximum absolute atomic E-state index is 10.8. The SMILES string of the molecule is O=Cc1cc2sc(S)cc2cc1CBr. The number of aldehydes is 1. The van der Waals surface area contributed by atoms with Crippen molar-refractivity contribution in [2.45, 2.75) is 9.54 Å². The molecule has 0 bridgehead atoms. The summed E-state index contributed by atoms with van der Waals surface area (Å²) in [6, 6.07) is 5.97. The summed E-state index contributed by atoms with van der Waals surface area (Å²) >= 11 is 9.25. The van der Waals surface area contributed by atoms with Crippen LogP contribution in [0.1, 0.15) is 15.9 Å². The van der Waals surface area contributed by atoms with E-state index in [0.29, 0.717) is 5.33 Å². The third-order valence-electron chi connectivity index (χ3n) is 2.04. The minimum Gasteiger partial charge on any atom is -0.298 e. The molecule has 1 aromatic heterocycles. The minimum atomic E-state index is 0.703. The van der Waals surface area contributed by atoms with Crippen LogP contribution in [0, 0.1) is 0 Å². The first kappa shape index (κ1) is 10.2. The van der Waals surface area contributed by atoms with Crippen molar-refractivity contribution in [2.75, 3.05) is 0 Å². The number of rotatable bonds is 2. The molecule has 0 fully saturated rings. The Morgan fingerprint density at radius 2 is 2.21 bits per heavy atom. The van der Waals surface area contributed by atoms with E-state index in [1.54, 1.807) is 11.3 Å². The first-order valence-corrected chi connectivity index (χ1v) is 6.39. The lowest BCUT2D eigenvalue weighted by Crippen LogP contribution is -1.87. The molecule has 1 nitrogen and oxygen atoms in total. The van der Waals surface area contributed by atoms with Gasteiger partial charge in [-0.15, -0.1) is 24.0 Å². The van der Waals surface area contributed by atoms with Crippen molar-refractivity contribution in [1.29, 1.82) is 0 Å². The highest BCUT2D eigenvalue weighted by Crippen LogP contribution is 2.30. The number of hydrogen-bond donors (Lipinski definition) is 1. The van der Waals surface area contributed by atoms with Gasteiger partial charge in [-0.3, -0.25) is 4.79 Å². The number of carbonyl (C=O) groups is 1. The molecule has 0 N–H and O–H groups in total. The minimum absolute atomic E-state index is 0.703. The first-order valence-electron chi connectivity index (χ1n) is 4.01. The second kappa shape index (κ2) is 4.04. The van der Waals surface area contributed by atoms with E-state index in [0.717, 1.165) is 31.7 Å². The molecule has 2 rings (SSSR count). The normalized spacial score (nSPS) is 10.7. The van der Waals surface area contributed by atoms with Crippen molar-refractivity contribution >= 4 is 56.3 Å². The fourth-order valence-electron chi connectivity index (χ4n) is 1.36. The molecule has 2 aromatic rings. The van der Waals surface area contributed by atoms with Gasteiger partial charge in [-0.05, 0) is 29.1 Å². The second-order valence-electron chi connectivity index (χ2n) is 2.92. The van der Waals surface area contributed by atoms with E-state index in [-0.39, 0.29) is 0 Å². The van der Waals surface area contributed by atoms with Crippen LogP contribution in [0.3, 0.4) is 0 Å². The predicted molar refractivity (Wildman–Crippen MR) is 67.1 cm³/mol. The van der Waals surface area contributed by atoms with Gasteiger partial charge < -0.3 is 0 Å². The average molecular weight is 287 g/mol. The highest BCUT2D eigenvalue weighted by atomic mass is 79.9. The van der Waals surface area contributed by atoms with E-state index in [1.807, 2.05) is 18.2 Å². The Morgan fingerprint density at radius 1 is 1.43 bits per heavy atom. The van der Waals surface area contributed by atoms with Crippen LogP contribution in [-0.2, 0) is 5.33 Å². The van der Waals surface area contributed by atoms with Crippen molar-refractivity contribution in [1.82, 2.24) is 0 Å². The fraction of sp³-hybridized carbons (Fsp3) is 0.100. The molecule has 4 heteroatoms. The highest BCUT2D eigenvalue weighted by Gasteiger charge is 2.05. The molecule has 1 aromatic carbocycles. The van der Waals surface area contributed by atoms with Crippen LogP contribution in [0.25, 0.3) is 10.1 Å². The van der Waals surface area contributed by atoms with Crippen molar-refractivity contribution in [3.63, 3.8) is 0 Å². The highest BCUT2D eigenvalue weighted by molar-refractivity contribution is 9.08. The van der Waals surface area contributed by atoms with E-state index >= 15 is 0 Å². The number of halogens is 1. The van der Waals surface area contributed by atoms with E-state index in [4.69, 9.17) is 0 Å². The molecule has 72 valence electrons. The van der Waals surface area contributed by atoms with Gasteiger partial charge in [-0.2, -0.15) is 0 Å². The lowest BCUT2D eigenvalue weighted by Gasteiger charge is -2.00. The van der Waals surface area contributed by atoms with Gasteiger partial charge in [0, 0.05) is 15.6 Å². The maximum Gasteiger partial charge on any atom is 0.150 e. The van der Waals surface area contributed by atoms with Crippen molar-refractivity contribution in [2.24, 2.45) is 0 Å². The zero-order valence-electron chi connectivity index (χ0n) is 7.16. The molecule has 0 aliphatic carbocycles. The third-order valence-corrected chi connectivity index (χ3v) is 3.94. The van der Waals surface area contributed by atoms with Crippen LogP contribution in [0.4, 0.5) is 0 Å². The van der Waals surface area contributed by atoms with Gasteiger partial charge in [0.15, 0.2) is 0 Å². The van der Waals surface area contributed by atoms with Gasteiger partial charge in [0.2, 0.25) is 0 Å². The molecule has 14 heavy (non-hydrogen) atoms. The Morgan fingerprint density at radius 3 is 2.86 bits per heavy atom. The lowest BCUT2D eigenvalue weighted by molar-refractivity contribution is 0.112. The molecule has 0 aliphatic heterocycles. The van der Waals surface area contributed by atoms with Crippen LogP contribution in [0.2, 0.25) is 0 Å². The predicted octanol–water partition coefficient (Wildman–Crippen LogP) is 3.90. The molecule has 1 heterocycles. The summed E-state index contributed by atoms with van der Waals surface area (Å²) in [6.45, 7) is 0. The number of hydrogen-bond acceptors (Lipinski definition) is 3. The molecule has 0 unspecified atom stereocenters. The summed E-state index contributed by atoms with van der Waals surface area (Å²) in [5.74, 6) is 0. The third kappa shape index (κ3) is 1.74. The van der Waals surface area contributed by atoms with E-state index in [2.05, 4.69) is 28.6 Å². The Bertz CT molecular complexity index is 490. The van der Waals surface area contributed by atoms with Crippen molar-refractivity contribution < 1.29 is 4.79 Å². The summed E-state index contributed by atoms with van der Waals surface area (Å²) in [4.78, 5) is 10.8. The molecule has 0 atom stereocenters. The van der Waals surface area contributed by atoms with Crippen LogP contribution in [-0.4, -0.2) is 6.29 Å². The maximum atomic E-state index is 10.8. The van der Waals surface area contributed by atoms with Crippen LogP contribution in [0.5, 0.6) is 0 Å². The van der Waals surface area contributed by atoms with Crippen LogP contribution < -0.4 is 0 Å². The van der Waals surface area contributed by atoms with Crippen molar-refractivity contribution in [3.8, 4) is 0 Å². The average Bonchev–Trinajstić information content (AvgIpc) is 2.54. The smallest absolute Gasteiger partial charge is 0.150 e. The zero-order valence-corrected chi connectivity index (χ0v) is 10.5. The Kier molecular flexibility index (Phi) is 2.95. The van der Waals surface area contributed by atoms with Gasteiger partial charge in [0.1, 0.15) is 6.29 Å². The van der Waals surface area contributed by atoms with E-state index in [9.17, 15) is 4.79 Å². The Labute approximate surface area is 99.7 Å². The molecule has 0 saturated heterocycles. The standard InChI is InChI=1S/C10H7BrOS2/c11-4-7-1-6-3-10(13)14-9(6)2-8(7)5-12/h1-3,5,13H,4H2. The Hall–Kier alpha value is -0.320. The number of thiophene rings is 1. The molecule has 0 saturated carbocycles. The molecule has 0 radical (unpaired) electrons. The number of carbonyl (C=O) groups excluding carboxylic acids is 1. The summed E-state index contributed by atoms with van der Waals surface area (Å²) in [7, 11) is 0. The van der Waals surface area contributed by atoms with Gasteiger partial charge in [-0.1, -0.05) is 15.9 Å². The second-order valence-corrected chi connectivity index (χ2v) is 5.35. The number of thiol groups is 1. The summed E-state index contributed by atoms with van der Waals surface area (Å²) in [5, 5.41) is 1.86. The molecular formula is C10H7BrOS2. The molecular weight excluding hydrogens is 280 g/mol. The quantitative estimate of drug-likeness (QED) is 0.503. The zero-order chi connectivity index (χ0) is 10.1. The lowest BCUT2D eigenvalue weighted by atomic mass is 10.1. The molecule has 0 spiro atoms. The molecule has 0 amide bonds. The van der Waals surface area contributed by atoms with E-state index in [1.165, 1.54) is 0 Å². The van der Waals surface area contributed by atoms with Gasteiger partial charge >= 0.3 is 0 Å². The van der Waals surface area contributed by atoms with Gasteiger partial charge in [-0.25, -0.2) is 0 Å². The first-order chi connectivity index (χ1) is 6.74. The molecule has 0 aliphatic rings. The summed E-state index contributed by atoms with van der Waals surface area (Å²) in [5.41, 5.74) is 1.78. The Balaban J connectivity index is 2.74. The monoisotopic (exact) mass is 286 g/mol. The largest absolute Gasteiger partial charge is 0.298 e. The van der Waals surface area contributed by atoms with Gasteiger partial charge in [0.05, 0.1) is 4.21 Å². The van der Waals surface area contributed by atoms with E-state index < -0.39 is 0 Å². The number of alkyl halides is 1. The number of benzene rings is 1.